The molecule has 2 rings (SSSR count). The largest absolute Gasteiger partial charge is 0.492 e. The highest BCUT2D eigenvalue weighted by Crippen LogP contribution is 2.32. The summed E-state index contributed by atoms with van der Waals surface area (Å²) in [5.74, 6) is 0.300. The van der Waals surface area contributed by atoms with Crippen molar-refractivity contribution in [2.75, 3.05) is 11.9 Å². The summed E-state index contributed by atoms with van der Waals surface area (Å²) in [7, 11) is 0. The second-order valence-electron chi connectivity index (χ2n) is 5.91. The van der Waals surface area contributed by atoms with Crippen molar-refractivity contribution in [2.45, 2.75) is 20.3 Å². The van der Waals surface area contributed by atoms with Crippen molar-refractivity contribution in [2.24, 2.45) is 0 Å². The molecule has 5 heteroatoms. The van der Waals surface area contributed by atoms with E-state index in [0.29, 0.717) is 18.7 Å². The molecule has 0 bridgehead atoms. The predicted octanol–water partition coefficient (Wildman–Crippen LogP) is 5.43. The molecule has 0 atom stereocenters. The zero-order valence-electron chi connectivity index (χ0n) is 15.4. The third-order valence-corrected chi connectivity index (χ3v) is 4.37. The normalized spacial score (nSPS) is 10.8. The molecule has 1 N–H and O–H groups in total. The SMILES string of the molecule is C=CCc1cc(/C=C(/C#N)C(=O)Nc2ccc(C)cc2)cc(Br)c1OCC. The van der Waals surface area contributed by atoms with Crippen molar-refractivity contribution < 1.29 is 9.53 Å². The number of anilines is 1. The lowest BCUT2D eigenvalue weighted by atomic mass is 10.0. The summed E-state index contributed by atoms with van der Waals surface area (Å²) in [5.41, 5.74) is 3.43. The summed E-state index contributed by atoms with van der Waals surface area (Å²) in [4.78, 5) is 12.4. The monoisotopic (exact) mass is 424 g/mol. The number of nitrogens with zero attached hydrogens (tertiary/aromatic N) is 1. The molecule has 2 aromatic rings. The third-order valence-electron chi connectivity index (χ3n) is 3.78. The number of carbonyl (C=O) groups excluding carboxylic acids is 1. The average Bonchev–Trinajstić information content (AvgIpc) is 2.64. The van der Waals surface area contributed by atoms with Crippen LogP contribution in [0.5, 0.6) is 5.75 Å². The number of benzene rings is 2. The molecule has 0 spiro atoms. The third kappa shape index (κ3) is 5.57. The predicted molar refractivity (Wildman–Crippen MR) is 113 cm³/mol. The Hall–Kier alpha value is -2.84. The molecule has 1 amide bonds. The van der Waals surface area contributed by atoms with Crippen LogP contribution in [0.2, 0.25) is 0 Å². The van der Waals surface area contributed by atoms with Crippen LogP contribution in [0, 0.1) is 18.3 Å². The topological polar surface area (TPSA) is 62.1 Å². The highest BCUT2D eigenvalue weighted by Gasteiger charge is 2.13. The van der Waals surface area contributed by atoms with Crippen LogP contribution in [0.1, 0.15) is 23.6 Å². The molecule has 0 aromatic heterocycles. The van der Waals surface area contributed by atoms with Gasteiger partial charge in [0.25, 0.3) is 5.91 Å². The van der Waals surface area contributed by atoms with E-state index in [1.807, 2.05) is 44.2 Å². The summed E-state index contributed by atoms with van der Waals surface area (Å²) in [6.07, 6.45) is 3.97. The lowest BCUT2D eigenvalue weighted by molar-refractivity contribution is -0.112. The van der Waals surface area contributed by atoms with Crippen molar-refractivity contribution in [3.05, 3.63) is 75.8 Å². The smallest absolute Gasteiger partial charge is 0.266 e. The molecule has 0 saturated heterocycles. The number of amides is 1. The molecule has 0 saturated carbocycles. The number of ether oxygens (including phenoxy) is 1. The van der Waals surface area contributed by atoms with Gasteiger partial charge >= 0.3 is 0 Å². The van der Waals surface area contributed by atoms with E-state index >= 15 is 0 Å². The van der Waals surface area contributed by atoms with Crippen molar-refractivity contribution in [1.29, 1.82) is 5.26 Å². The minimum atomic E-state index is -0.448. The van der Waals surface area contributed by atoms with E-state index < -0.39 is 5.91 Å². The fourth-order valence-electron chi connectivity index (χ4n) is 2.52. The second-order valence-corrected chi connectivity index (χ2v) is 6.76. The number of aryl methyl sites for hydroxylation is 1. The molecule has 4 nitrogen and oxygen atoms in total. The first-order valence-corrected chi connectivity index (χ1v) is 9.33. The van der Waals surface area contributed by atoms with Gasteiger partial charge in [-0.3, -0.25) is 4.79 Å². The van der Waals surface area contributed by atoms with Crippen LogP contribution < -0.4 is 10.1 Å². The molecular weight excluding hydrogens is 404 g/mol. The Morgan fingerprint density at radius 1 is 1.33 bits per heavy atom. The number of nitrogens with one attached hydrogen (secondary N) is 1. The van der Waals surface area contributed by atoms with E-state index in [2.05, 4.69) is 27.8 Å². The summed E-state index contributed by atoms with van der Waals surface area (Å²) in [6, 6.07) is 13.1. The molecule has 27 heavy (non-hydrogen) atoms. The molecule has 0 fully saturated rings. The number of carbonyl (C=O) groups is 1. The summed E-state index contributed by atoms with van der Waals surface area (Å²) >= 11 is 3.51. The zero-order valence-corrected chi connectivity index (χ0v) is 17.0. The molecule has 0 aliphatic carbocycles. The molecule has 0 heterocycles. The number of halogens is 1. The number of hydrogen-bond donors (Lipinski definition) is 1. The summed E-state index contributed by atoms with van der Waals surface area (Å²) in [5, 5.41) is 12.2. The van der Waals surface area contributed by atoms with Gasteiger partial charge in [0, 0.05) is 5.69 Å². The zero-order chi connectivity index (χ0) is 19.8. The number of rotatable bonds is 7. The van der Waals surface area contributed by atoms with Crippen LogP contribution in [0.4, 0.5) is 5.69 Å². The molecule has 0 aliphatic rings. The van der Waals surface area contributed by atoms with E-state index in [-0.39, 0.29) is 5.57 Å². The molecule has 0 unspecified atom stereocenters. The Labute approximate surface area is 168 Å². The lowest BCUT2D eigenvalue weighted by Crippen LogP contribution is -2.13. The van der Waals surface area contributed by atoms with Crippen LogP contribution in [0.25, 0.3) is 6.08 Å². The van der Waals surface area contributed by atoms with Gasteiger partial charge in [-0.2, -0.15) is 5.26 Å². The highest BCUT2D eigenvalue weighted by atomic mass is 79.9. The number of allylic oxidation sites excluding steroid dienone is 1. The molecular formula is C22H21BrN2O2. The van der Waals surface area contributed by atoms with Crippen molar-refractivity contribution in [1.82, 2.24) is 0 Å². The molecule has 0 aliphatic heterocycles. The highest BCUT2D eigenvalue weighted by molar-refractivity contribution is 9.10. The van der Waals surface area contributed by atoms with Crippen LogP contribution in [-0.2, 0) is 11.2 Å². The lowest BCUT2D eigenvalue weighted by Gasteiger charge is -2.12. The van der Waals surface area contributed by atoms with Gasteiger partial charge in [0.05, 0.1) is 11.1 Å². The van der Waals surface area contributed by atoms with Crippen LogP contribution in [0.15, 0.2) is 59.1 Å². The van der Waals surface area contributed by atoms with Gasteiger partial charge in [0.1, 0.15) is 17.4 Å². The van der Waals surface area contributed by atoms with Crippen molar-refractivity contribution in [3.63, 3.8) is 0 Å². The maximum Gasteiger partial charge on any atom is 0.266 e. The quantitative estimate of drug-likeness (QED) is 0.366. The van der Waals surface area contributed by atoms with Crippen molar-refractivity contribution >= 4 is 33.6 Å². The first-order valence-electron chi connectivity index (χ1n) is 8.54. The van der Waals surface area contributed by atoms with Gasteiger partial charge in [0.15, 0.2) is 0 Å². The van der Waals surface area contributed by atoms with Gasteiger partial charge in [-0.05, 0) is 77.7 Å². The first kappa shape index (κ1) is 20.5. The fourth-order valence-corrected chi connectivity index (χ4v) is 3.15. The fraction of sp³-hybridized carbons (Fsp3) is 0.182. The minimum Gasteiger partial charge on any atom is -0.492 e. The van der Waals surface area contributed by atoms with E-state index in [4.69, 9.17) is 4.74 Å². The van der Waals surface area contributed by atoms with E-state index in [0.717, 1.165) is 26.9 Å². The summed E-state index contributed by atoms with van der Waals surface area (Å²) in [6.45, 7) is 8.20. The van der Waals surface area contributed by atoms with E-state index in [1.54, 1.807) is 24.3 Å². The molecule has 138 valence electrons. The number of hydrogen-bond acceptors (Lipinski definition) is 3. The van der Waals surface area contributed by atoms with Gasteiger partial charge in [-0.15, -0.1) is 6.58 Å². The van der Waals surface area contributed by atoms with E-state index in [9.17, 15) is 10.1 Å². The van der Waals surface area contributed by atoms with Crippen molar-refractivity contribution in [3.8, 4) is 11.8 Å². The van der Waals surface area contributed by atoms with Gasteiger partial charge in [-0.1, -0.05) is 23.8 Å². The second kappa shape index (κ2) is 9.75. The standard InChI is InChI=1S/C22H21BrN2O2/c1-4-6-17-11-16(13-20(23)21(17)27-5-2)12-18(14-24)22(26)25-19-9-7-15(3)8-10-19/h4,7-13H,1,5-6H2,2-3H3,(H,25,26)/b18-12-. The minimum absolute atomic E-state index is 0.0242. The Bertz CT molecular complexity index is 909. The van der Waals surface area contributed by atoms with Crippen LogP contribution in [-0.4, -0.2) is 12.5 Å². The summed E-state index contributed by atoms with van der Waals surface area (Å²) < 4.78 is 6.45. The van der Waals surface area contributed by atoms with Gasteiger partial charge < -0.3 is 10.1 Å². The van der Waals surface area contributed by atoms with Gasteiger partial charge in [0.2, 0.25) is 0 Å². The average molecular weight is 425 g/mol. The Balaban J connectivity index is 2.33. The molecule has 2 aromatic carbocycles. The van der Waals surface area contributed by atoms with Gasteiger partial charge in [-0.25, -0.2) is 0 Å². The first-order chi connectivity index (χ1) is 13.0. The van der Waals surface area contributed by atoms with E-state index in [1.165, 1.54) is 0 Å². The Morgan fingerprint density at radius 2 is 2.04 bits per heavy atom. The van der Waals surface area contributed by atoms with Crippen LogP contribution in [0.3, 0.4) is 0 Å². The van der Waals surface area contributed by atoms with Crippen LogP contribution >= 0.6 is 15.9 Å². The Morgan fingerprint density at radius 3 is 2.63 bits per heavy atom. The number of nitriles is 1. The maximum absolute atomic E-state index is 12.4. The Kier molecular flexibility index (Phi) is 7.39. The molecule has 0 radical (unpaired) electrons. The maximum atomic E-state index is 12.4.